The smallest absolute Gasteiger partial charge is 0.264 e. The van der Waals surface area contributed by atoms with Crippen LogP contribution in [-0.4, -0.2) is 39.7 Å². The lowest BCUT2D eigenvalue weighted by molar-refractivity contribution is -0.116. The van der Waals surface area contributed by atoms with Gasteiger partial charge in [0, 0.05) is 36.4 Å². The maximum atomic E-state index is 13.4. The average Bonchev–Trinajstić information content (AvgIpc) is 3.48. The van der Waals surface area contributed by atoms with Crippen LogP contribution in [0.2, 0.25) is 0 Å². The molecule has 35 heavy (non-hydrogen) atoms. The molecule has 2 heterocycles. The Morgan fingerprint density at radius 1 is 1.09 bits per heavy atom. The van der Waals surface area contributed by atoms with Crippen LogP contribution >= 0.6 is 0 Å². The zero-order chi connectivity index (χ0) is 25.0. The third-order valence-corrected chi connectivity index (χ3v) is 7.52. The van der Waals surface area contributed by atoms with Crippen LogP contribution in [-0.2, 0) is 21.2 Å². The number of nitrogens with one attached hydrogen (secondary N) is 2. The minimum absolute atomic E-state index is 0.124. The molecular formula is C25H30N4O5S. The van der Waals surface area contributed by atoms with Gasteiger partial charge in [-0.25, -0.2) is 8.42 Å². The van der Waals surface area contributed by atoms with E-state index in [1.54, 1.807) is 43.5 Å². The second-order valence-corrected chi connectivity index (χ2v) is 10.2. The van der Waals surface area contributed by atoms with Crippen molar-refractivity contribution in [2.24, 2.45) is 0 Å². The Morgan fingerprint density at radius 2 is 1.77 bits per heavy atom. The van der Waals surface area contributed by atoms with Gasteiger partial charge >= 0.3 is 0 Å². The zero-order valence-corrected chi connectivity index (χ0v) is 20.9. The third-order valence-electron chi connectivity index (χ3n) is 6.11. The third kappa shape index (κ3) is 5.76. The maximum absolute atomic E-state index is 13.4. The number of ether oxygens (including phenoxy) is 1. The van der Waals surface area contributed by atoms with Crippen LogP contribution in [0.3, 0.4) is 0 Å². The number of sulfonamides is 1. The lowest BCUT2D eigenvalue weighted by Crippen LogP contribution is -2.23. The molecule has 3 aromatic rings. The summed E-state index contributed by atoms with van der Waals surface area (Å²) in [5.74, 6) is 1.11. The second-order valence-electron chi connectivity index (χ2n) is 8.56. The number of methoxy groups -OCH3 is 1. The van der Waals surface area contributed by atoms with Crippen molar-refractivity contribution >= 4 is 33.0 Å². The summed E-state index contributed by atoms with van der Waals surface area (Å²) in [6.07, 6.45) is 2.73. The summed E-state index contributed by atoms with van der Waals surface area (Å²) < 4.78 is 39.8. The van der Waals surface area contributed by atoms with Crippen LogP contribution < -0.4 is 19.7 Å². The standard InChI is InChI=1S/C25H30N4O5S/c1-17-22(18(2)34-27-17)11-13-25(30)26-20-8-12-23(29-14-4-5-15-29)24(16-20)35(31,32)28-19-6-9-21(33-3)10-7-19/h6-10,12,16,28H,4-5,11,13-15H2,1-3H3,(H,26,30). The van der Waals surface area contributed by atoms with Crippen molar-refractivity contribution in [2.75, 3.05) is 35.1 Å². The summed E-state index contributed by atoms with van der Waals surface area (Å²) in [4.78, 5) is 14.8. The van der Waals surface area contributed by atoms with E-state index in [1.807, 2.05) is 13.8 Å². The Kier molecular flexibility index (Phi) is 7.30. The predicted molar refractivity (Wildman–Crippen MR) is 135 cm³/mol. The van der Waals surface area contributed by atoms with Gasteiger partial charge in [-0.15, -0.1) is 0 Å². The van der Waals surface area contributed by atoms with E-state index in [0.29, 0.717) is 35.0 Å². The molecule has 0 radical (unpaired) electrons. The molecule has 4 rings (SSSR count). The molecule has 0 spiro atoms. The van der Waals surface area contributed by atoms with Crippen LogP contribution in [0, 0.1) is 13.8 Å². The molecule has 0 bridgehead atoms. The van der Waals surface area contributed by atoms with Crippen LogP contribution in [0.5, 0.6) is 5.75 Å². The second kappa shape index (κ2) is 10.4. The van der Waals surface area contributed by atoms with Crippen molar-refractivity contribution in [1.82, 2.24) is 5.16 Å². The Balaban J connectivity index is 1.56. The first-order valence-electron chi connectivity index (χ1n) is 11.5. The summed E-state index contributed by atoms with van der Waals surface area (Å²) in [5, 5.41) is 6.75. The lowest BCUT2D eigenvalue weighted by atomic mass is 10.1. The number of carbonyl (C=O) groups excluding carboxylic acids is 1. The maximum Gasteiger partial charge on any atom is 0.264 e. The van der Waals surface area contributed by atoms with Gasteiger partial charge in [-0.2, -0.15) is 0 Å². The molecule has 186 valence electrons. The zero-order valence-electron chi connectivity index (χ0n) is 20.1. The van der Waals surface area contributed by atoms with Gasteiger partial charge in [0.15, 0.2) is 0 Å². The topological polar surface area (TPSA) is 114 Å². The molecule has 0 unspecified atom stereocenters. The van der Waals surface area contributed by atoms with E-state index in [4.69, 9.17) is 9.26 Å². The molecule has 0 saturated carbocycles. The summed E-state index contributed by atoms with van der Waals surface area (Å²) in [5.41, 5.74) is 3.15. The molecule has 10 heteroatoms. The SMILES string of the molecule is COc1ccc(NS(=O)(=O)c2cc(NC(=O)CCc3c(C)noc3C)ccc2N2CCCC2)cc1. The molecule has 1 aliphatic heterocycles. The number of anilines is 3. The first kappa shape index (κ1) is 24.6. The van der Waals surface area contributed by atoms with Gasteiger partial charge in [-0.3, -0.25) is 9.52 Å². The Hall–Kier alpha value is -3.53. The molecule has 9 nitrogen and oxygen atoms in total. The van der Waals surface area contributed by atoms with Gasteiger partial charge in [-0.05, 0) is 75.6 Å². The Bertz CT molecular complexity index is 1280. The molecule has 1 aromatic heterocycles. The lowest BCUT2D eigenvalue weighted by Gasteiger charge is -2.22. The van der Waals surface area contributed by atoms with Gasteiger partial charge in [0.2, 0.25) is 5.91 Å². The van der Waals surface area contributed by atoms with E-state index in [9.17, 15) is 13.2 Å². The Labute approximate surface area is 205 Å². The highest BCUT2D eigenvalue weighted by Crippen LogP contribution is 2.32. The van der Waals surface area contributed by atoms with Gasteiger partial charge in [-0.1, -0.05) is 5.16 Å². The number of rotatable bonds is 9. The van der Waals surface area contributed by atoms with Crippen LogP contribution in [0.1, 0.15) is 36.3 Å². The predicted octanol–water partition coefficient (Wildman–Crippen LogP) is 4.27. The summed E-state index contributed by atoms with van der Waals surface area (Å²) in [6.45, 7) is 5.23. The molecule has 1 amide bonds. The fourth-order valence-corrected chi connectivity index (χ4v) is 5.53. The van der Waals surface area contributed by atoms with Crippen LogP contribution in [0.25, 0.3) is 0 Å². The molecule has 0 atom stereocenters. The first-order valence-corrected chi connectivity index (χ1v) is 13.0. The highest BCUT2D eigenvalue weighted by molar-refractivity contribution is 7.92. The number of benzene rings is 2. The van der Waals surface area contributed by atoms with Gasteiger partial charge in [0.05, 0.1) is 18.5 Å². The number of carbonyl (C=O) groups is 1. The number of nitrogens with zero attached hydrogens (tertiary/aromatic N) is 2. The van der Waals surface area contributed by atoms with E-state index in [-0.39, 0.29) is 17.2 Å². The number of aromatic nitrogens is 1. The van der Waals surface area contributed by atoms with E-state index >= 15 is 0 Å². The molecule has 2 aromatic carbocycles. The number of aryl methyl sites for hydroxylation is 2. The van der Waals surface area contributed by atoms with E-state index in [0.717, 1.165) is 37.2 Å². The number of hydrogen-bond donors (Lipinski definition) is 2. The van der Waals surface area contributed by atoms with Crippen molar-refractivity contribution in [3.8, 4) is 5.75 Å². The molecule has 2 N–H and O–H groups in total. The minimum atomic E-state index is -3.92. The first-order chi connectivity index (χ1) is 16.8. The van der Waals surface area contributed by atoms with Crippen LogP contribution in [0.15, 0.2) is 51.9 Å². The van der Waals surface area contributed by atoms with Crippen molar-refractivity contribution in [3.63, 3.8) is 0 Å². The molecule has 1 saturated heterocycles. The normalized spacial score (nSPS) is 13.6. The summed E-state index contributed by atoms with van der Waals surface area (Å²) in [6, 6.07) is 11.7. The monoisotopic (exact) mass is 498 g/mol. The quantitative estimate of drug-likeness (QED) is 0.453. The number of amides is 1. The van der Waals surface area contributed by atoms with Gasteiger partial charge in [0.25, 0.3) is 10.0 Å². The van der Waals surface area contributed by atoms with E-state index in [2.05, 4.69) is 20.1 Å². The average molecular weight is 499 g/mol. The molecule has 1 aliphatic rings. The van der Waals surface area contributed by atoms with Crippen molar-refractivity contribution in [3.05, 3.63) is 59.5 Å². The molecular weight excluding hydrogens is 468 g/mol. The van der Waals surface area contributed by atoms with Gasteiger partial charge in [0.1, 0.15) is 16.4 Å². The largest absolute Gasteiger partial charge is 0.497 e. The highest BCUT2D eigenvalue weighted by Gasteiger charge is 2.25. The highest BCUT2D eigenvalue weighted by atomic mass is 32.2. The summed E-state index contributed by atoms with van der Waals surface area (Å²) >= 11 is 0. The Morgan fingerprint density at radius 3 is 2.40 bits per heavy atom. The van der Waals surface area contributed by atoms with E-state index in [1.165, 1.54) is 6.07 Å². The van der Waals surface area contributed by atoms with Crippen molar-refractivity contribution < 1.29 is 22.5 Å². The van der Waals surface area contributed by atoms with Gasteiger partial charge < -0.3 is 19.5 Å². The fourth-order valence-electron chi connectivity index (χ4n) is 4.22. The molecule has 0 aliphatic carbocycles. The van der Waals surface area contributed by atoms with Crippen molar-refractivity contribution in [2.45, 2.75) is 44.4 Å². The fraction of sp³-hybridized carbons (Fsp3) is 0.360. The van der Waals surface area contributed by atoms with E-state index < -0.39 is 10.0 Å². The number of hydrogen-bond acceptors (Lipinski definition) is 7. The van der Waals surface area contributed by atoms with Crippen LogP contribution in [0.4, 0.5) is 17.1 Å². The summed E-state index contributed by atoms with van der Waals surface area (Å²) in [7, 11) is -2.37. The molecule has 1 fully saturated rings. The van der Waals surface area contributed by atoms with Crippen molar-refractivity contribution in [1.29, 1.82) is 0 Å². The minimum Gasteiger partial charge on any atom is -0.497 e.